The standard InChI is InChI=1S/C22H21N5O2/c1-17-8-5-6-12-20(17)22-23-25-27(24-22)16-21(28)26(15-19-11-7-13-29-19)14-18-9-3-2-4-10-18/h2-13H,14-16H2,1H3. The molecule has 0 fully saturated rings. The molecule has 0 saturated carbocycles. The van der Waals surface area contributed by atoms with Crippen LogP contribution in [0.3, 0.4) is 0 Å². The van der Waals surface area contributed by atoms with Gasteiger partial charge in [0, 0.05) is 12.1 Å². The molecule has 0 radical (unpaired) electrons. The molecule has 0 bridgehead atoms. The van der Waals surface area contributed by atoms with Crippen molar-refractivity contribution in [1.29, 1.82) is 0 Å². The van der Waals surface area contributed by atoms with Gasteiger partial charge in [-0.3, -0.25) is 4.79 Å². The average Bonchev–Trinajstić information content (AvgIpc) is 3.41. The molecule has 2 aromatic carbocycles. The Bertz CT molecular complexity index is 1070. The number of aryl methyl sites for hydroxylation is 1. The highest BCUT2D eigenvalue weighted by molar-refractivity contribution is 5.75. The van der Waals surface area contributed by atoms with Gasteiger partial charge in [0.05, 0.1) is 12.8 Å². The number of nitrogens with zero attached hydrogens (tertiary/aromatic N) is 5. The number of benzene rings is 2. The first-order chi connectivity index (χ1) is 14.2. The fraction of sp³-hybridized carbons (Fsp3) is 0.182. The molecule has 29 heavy (non-hydrogen) atoms. The predicted octanol–water partition coefficient (Wildman–Crippen LogP) is 3.47. The van der Waals surface area contributed by atoms with E-state index in [9.17, 15) is 4.79 Å². The average molecular weight is 387 g/mol. The van der Waals surface area contributed by atoms with Crippen molar-refractivity contribution in [2.24, 2.45) is 0 Å². The van der Waals surface area contributed by atoms with E-state index in [1.54, 1.807) is 11.2 Å². The molecule has 7 heteroatoms. The lowest BCUT2D eigenvalue weighted by Crippen LogP contribution is -2.33. The lowest BCUT2D eigenvalue weighted by atomic mass is 10.1. The van der Waals surface area contributed by atoms with E-state index in [4.69, 9.17) is 4.42 Å². The van der Waals surface area contributed by atoms with Gasteiger partial charge in [-0.15, -0.1) is 10.2 Å². The summed E-state index contributed by atoms with van der Waals surface area (Å²) in [6.07, 6.45) is 1.61. The molecule has 0 spiro atoms. The molecule has 2 aromatic heterocycles. The summed E-state index contributed by atoms with van der Waals surface area (Å²) in [5.41, 5.74) is 3.00. The van der Waals surface area contributed by atoms with Crippen molar-refractivity contribution in [1.82, 2.24) is 25.1 Å². The number of hydrogen-bond acceptors (Lipinski definition) is 5. The fourth-order valence-corrected chi connectivity index (χ4v) is 3.09. The molecular weight excluding hydrogens is 366 g/mol. The van der Waals surface area contributed by atoms with Crippen molar-refractivity contribution in [3.05, 3.63) is 89.9 Å². The number of hydrogen-bond donors (Lipinski definition) is 0. The lowest BCUT2D eigenvalue weighted by molar-refractivity contribution is -0.133. The van der Waals surface area contributed by atoms with Gasteiger partial charge in [0.1, 0.15) is 12.3 Å². The Kier molecular flexibility index (Phi) is 5.47. The molecule has 0 aliphatic carbocycles. The Morgan fingerprint density at radius 1 is 1.00 bits per heavy atom. The first kappa shape index (κ1) is 18.6. The van der Waals surface area contributed by atoms with E-state index in [2.05, 4.69) is 15.4 Å². The van der Waals surface area contributed by atoms with Crippen LogP contribution < -0.4 is 0 Å². The van der Waals surface area contributed by atoms with Crippen LogP contribution in [0, 0.1) is 6.92 Å². The number of amides is 1. The Morgan fingerprint density at radius 2 is 1.79 bits per heavy atom. The molecule has 7 nitrogen and oxygen atoms in total. The van der Waals surface area contributed by atoms with Gasteiger partial charge >= 0.3 is 0 Å². The third kappa shape index (κ3) is 4.57. The van der Waals surface area contributed by atoms with Crippen LogP contribution in [0.25, 0.3) is 11.4 Å². The van der Waals surface area contributed by atoms with Gasteiger partial charge in [-0.2, -0.15) is 4.80 Å². The van der Waals surface area contributed by atoms with Crippen LogP contribution in [0.2, 0.25) is 0 Å². The molecule has 0 N–H and O–H groups in total. The number of rotatable bonds is 7. The molecule has 4 rings (SSSR count). The zero-order chi connectivity index (χ0) is 20.1. The fourth-order valence-electron chi connectivity index (χ4n) is 3.09. The first-order valence-corrected chi connectivity index (χ1v) is 9.37. The molecule has 0 atom stereocenters. The molecular formula is C22H21N5O2. The largest absolute Gasteiger partial charge is 0.467 e. The van der Waals surface area contributed by atoms with Gasteiger partial charge in [0.25, 0.3) is 0 Å². The number of furan rings is 1. The molecule has 4 aromatic rings. The van der Waals surface area contributed by atoms with Crippen LogP contribution in [0.4, 0.5) is 0 Å². The van der Waals surface area contributed by atoms with Gasteiger partial charge < -0.3 is 9.32 Å². The normalized spacial score (nSPS) is 10.8. The van der Waals surface area contributed by atoms with Crippen molar-refractivity contribution in [3.63, 3.8) is 0 Å². The summed E-state index contributed by atoms with van der Waals surface area (Å²) in [5.74, 6) is 1.12. The van der Waals surface area contributed by atoms with Crippen molar-refractivity contribution in [2.75, 3.05) is 0 Å². The van der Waals surface area contributed by atoms with Crippen LogP contribution in [-0.2, 0) is 24.4 Å². The third-order valence-electron chi connectivity index (χ3n) is 4.61. The van der Waals surface area contributed by atoms with Crippen molar-refractivity contribution in [2.45, 2.75) is 26.6 Å². The van der Waals surface area contributed by atoms with Crippen molar-refractivity contribution < 1.29 is 9.21 Å². The Balaban J connectivity index is 1.51. The summed E-state index contributed by atoms with van der Waals surface area (Å²) < 4.78 is 5.43. The summed E-state index contributed by atoms with van der Waals surface area (Å²) in [4.78, 5) is 16.1. The van der Waals surface area contributed by atoms with E-state index in [0.717, 1.165) is 22.5 Å². The molecule has 0 aliphatic rings. The van der Waals surface area contributed by atoms with Crippen LogP contribution in [0.15, 0.2) is 77.4 Å². The topological polar surface area (TPSA) is 77.0 Å². The van der Waals surface area contributed by atoms with E-state index in [1.807, 2.05) is 73.7 Å². The smallest absolute Gasteiger partial charge is 0.246 e. The molecule has 2 heterocycles. The van der Waals surface area contributed by atoms with Gasteiger partial charge in [-0.05, 0) is 35.4 Å². The highest BCUT2D eigenvalue weighted by atomic mass is 16.3. The van der Waals surface area contributed by atoms with Gasteiger partial charge in [0.15, 0.2) is 0 Å². The Labute approximate surface area is 168 Å². The van der Waals surface area contributed by atoms with Crippen LogP contribution in [0.1, 0.15) is 16.9 Å². The summed E-state index contributed by atoms with van der Waals surface area (Å²) in [5, 5.41) is 12.6. The van der Waals surface area contributed by atoms with E-state index < -0.39 is 0 Å². The molecule has 0 aliphatic heterocycles. The minimum absolute atomic E-state index is 0.00637. The van der Waals surface area contributed by atoms with E-state index >= 15 is 0 Å². The molecule has 146 valence electrons. The SMILES string of the molecule is Cc1ccccc1-c1nnn(CC(=O)N(Cc2ccccc2)Cc2ccco2)n1. The quantitative estimate of drug-likeness (QED) is 0.485. The lowest BCUT2D eigenvalue weighted by Gasteiger charge is -2.21. The number of carbonyl (C=O) groups excluding carboxylic acids is 1. The van der Waals surface area contributed by atoms with E-state index in [0.29, 0.717) is 18.9 Å². The maximum absolute atomic E-state index is 13.0. The Morgan fingerprint density at radius 3 is 2.55 bits per heavy atom. The second kappa shape index (κ2) is 8.52. The van der Waals surface area contributed by atoms with Crippen molar-refractivity contribution in [3.8, 4) is 11.4 Å². The monoisotopic (exact) mass is 387 g/mol. The third-order valence-corrected chi connectivity index (χ3v) is 4.61. The number of aromatic nitrogens is 4. The summed E-state index contributed by atoms with van der Waals surface area (Å²) in [7, 11) is 0. The number of carbonyl (C=O) groups is 1. The van der Waals surface area contributed by atoms with E-state index in [1.165, 1.54) is 4.80 Å². The van der Waals surface area contributed by atoms with Gasteiger partial charge in [0.2, 0.25) is 11.7 Å². The maximum Gasteiger partial charge on any atom is 0.246 e. The summed E-state index contributed by atoms with van der Waals surface area (Å²) in [6.45, 7) is 2.85. The minimum atomic E-state index is -0.112. The second-order valence-electron chi connectivity index (χ2n) is 6.77. The zero-order valence-corrected chi connectivity index (χ0v) is 16.1. The van der Waals surface area contributed by atoms with Gasteiger partial charge in [-0.25, -0.2) is 0 Å². The summed E-state index contributed by atoms with van der Waals surface area (Å²) >= 11 is 0. The molecule has 0 unspecified atom stereocenters. The highest BCUT2D eigenvalue weighted by Crippen LogP contribution is 2.18. The van der Waals surface area contributed by atoms with Crippen LogP contribution in [0.5, 0.6) is 0 Å². The number of tetrazole rings is 1. The second-order valence-corrected chi connectivity index (χ2v) is 6.77. The molecule has 1 amide bonds. The predicted molar refractivity (Wildman–Crippen MR) is 107 cm³/mol. The van der Waals surface area contributed by atoms with Crippen molar-refractivity contribution >= 4 is 5.91 Å². The van der Waals surface area contributed by atoms with Crippen LogP contribution in [-0.4, -0.2) is 31.0 Å². The highest BCUT2D eigenvalue weighted by Gasteiger charge is 2.18. The van der Waals surface area contributed by atoms with Gasteiger partial charge in [-0.1, -0.05) is 54.6 Å². The Hall–Kier alpha value is -3.74. The first-order valence-electron chi connectivity index (χ1n) is 9.37. The maximum atomic E-state index is 13.0. The van der Waals surface area contributed by atoms with Crippen LogP contribution >= 0.6 is 0 Å². The molecule has 0 saturated heterocycles. The summed E-state index contributed by atoms with van der Waals surface area (Å²) in [6, 6.07) is 21.3. The van der Waals surface area contributed by atoms with E-state index in [-0.39, 0.29) is 12.5 Å². The minimum Gasteiger partial charge on any atom is -0.467 e. The zero-order valence-electron chi connectivity index (χ0n) is 16.1.